The molecule has 1 atom stereocenters. The van der Waals surface area contributed by atoms with Crippen LogP contribution >= 0.6 is 0 Å². The van der Waals surface area contributed by atoms with E-state index in [9.17, 15) is 14.7 Å². The van der Waals surface area contributed by atoms with Gasteiger partial charge in [-0.2, -0.15) is 0 Å². The monoisotopic (exact) mass is 531 g/mol. The third-order valence-electron chi connectivity index (χ3n) is 6.50. The summed E-state index contributed by atoms with van der Waals surface area (Å²) in [7, 11) is 3.04. The van der Waals surface area contributed by atoms with Gasteiger partial charge in [0.05, 0.1) is 31.9 Å². The number of aryl methyl sites for hydroxylation is 1. The van der Waals surface area contributed by atoms with Gasteiger partial charge >= 0.3 is 0 Å². The van der Waals surface area contributed by atoms with E-state index in [2.05, 4.69) is 6.07 Å². The van der Waals surface area contributed by atoms with E-state index in [-0.39, 0.29) is 24.5 Å². The second kappa shape index (κ2) is 12.5. The van der Waals surface area contributed by atoms with Crippen LogP contribution in [0.1, 0.15) is 35.2 Å². The van der Waals surface area contributed by atoms with Crippen LogP contribution in [0.4, 0.5) is 0 Å². The number of benzene rings is 3. The normalized spacial score (nSPS) is 16.4. The lowest BCUT2D eigenvalue weighted by molar-refractivity contribution is -0.140. The minimum atomic E-state index is -0.832. The molecule has 8 heteroatoms. The summed E-state index contributed by atoms with van der Waals surface area (Å²) in [6, 6.07) is 19.2. The number of carbonyl (C=O) groups is 2. The van der Waals surface area contributed by atoms with Crippen LogP contribution in [0.2, 0.25) is 0 Å². The molecule has 1 heterocycles. The number of likely N-dealkylation sites (tertiary alicyclic amines) is 1. The van der Waals surface area contributed by atoms with Gasteiger partial charge in [-0.1, -0.05) is 35.9 Å². The van der Waals surface area contributed by atoms with Gasteiger partial charge in [0.15, 0.2) is 11.5 Å². The highest BCUT2D eigenvalue weighted by Gasteiger charge is 2.46. The number of rotatable bonds is 11. The van der Waals surface area contributed by atoms with Crippen LogP contribution in [0.15, 0.2) is 72.3 Å². The number of hydrogen-bond donors (Lipinski definition) is 1. The molecule has 3 aromatic carbocycles. The van der Waals surface area contributed by atoms with Crippen molar-refractivity contribution in [2.75, 3.05) is 34.0 Å². The molecule has 1 amide bonds. The molecule has 1 aliphatic rings. The summed E-state index contributed by atoms with van der Waals surface area (Å²) < 4.78 is 22.2. The lowest BCUT2D eigenvalue weighted by atomic mass is 9.95. The van der Waals surface area contributed by atoms with Gasteiger partial charge in [0, 0.05) is 19.2 Å². The van der Waals surface area contributed by atoms with Crippen LogP contribution in [0.25, 0.3) is 5.76 Å². The van der Waals surface area contributed by atoms with Crippen LogP contribution in [0.3, 0.4) is 0 Å². The number of carbonyl (C=O) groups excluding carboxylic acids is 2. The summed E-state index contributed by atoms with van der Waals surface area (Å²) in [5.41, 5.74) is 3.19. The van der Waals surface area contributed by atoms with Crippen molar-refractivity contribution in [2.24, 2.45) is 0 Å². The van der Waals surface area contributed by atoms with E-state index in [1.807, 2.05) is 32.0 Å². The van der Waals surface area contributed by atoms with Crippen LogP contribution in [0.5, 0.6) is 17.2 Å². The first-order valence-corrected chi connectivity index (χ1v) is 12.7. The Hall–Kier alpha value is -4.30. The fourth-order valence-corrected chi connectivity index (χ4v) is 4.61. The van der Waals surface area contributed by atoms with Crippen molar-refractivity contribution in [3.63, 3.8) is 0 Å². The highest BCUT2D eigenvalue weighted by molar-refractivity contribution is 6.46. The third-order valence-corrected chi connectivity index (χ3v) is 6.50. The molecular weight excluding hydrogens is 498 g/mol. The molecule has 0 aromatic heterocycles. The molecule has 0 spiro atoms. The van der Waals surface area contributed by atoms with E-state index in [1.54, 1.807) is 42.5 Å². The Morgan fingerprint density at radius 2 is 1.72 bits per heavy atom. The van der Waals surface area contributed by atoms with Gasteiger partial charge in [-0.05, 0) is 61.4 Å². The zero-order chi connectivity index (χ0) is 27.9. The lowest BCUT2D eigenvalue weighted by Crippen LogP contribution is -2.32. The van der Waals surface area contributed by atoms with Gasteiger partial charge in [0.25, 0.3) is 11.7 Å². The Balaban J connectivity index is 1.68. The highest BCUT2D eigenvalue weighted by atomic mass is 16.5. The molecular formula is C31H33NO7. The average Bonchev–Trinajstić information content (AvgIpc) is 3.20. The van der Waals surface area contributed by atoms with E-state index in [4.69, 9.17) is 18.9 Å². The van der Waals surface area contributed by atoms with Gasteiger partial charge in [0.2, 0.25) is 0 Å². The molecule has 0 bridgehead atoms. The highest BCUT2D eigenvalue weighted by Crippen LogP contribution is 2.42. The number of ketones is 1. The third kappa shape index (κ3) is 6.07. The van der Waals surface area contributed by atoms with Crippen molar-refractivity contribution in [1.82, 2.24) is 4.90 Å². The molecule has 0 radical (unpaired) electrons. The molecule has 0 unspecified atom stereocenters. The van der Waals surface area contributed by atoms with Crippen molar-refractivity contribution in [1.29, 1.82) is 0 Å². The summed E-state index contributed by atoms with van der Waals surface area (Å²) in [6.45, 7) is 5.14. The molecule has 4 rings (SSSR count). The molecule has 1 aliphatic heterocycles. The molecule has 39 heavy (non-hydrogen) atoms. The first-order valence-electron chi connectivity index (χ1n) is 12.7. The fraction of sp³-hybridized carbons (Fsp3) is 0.290. The summed E-state index contributed by atoms with van der Waals surface area (Å²) in [5, 5.41) is 11.3. The SMILES string of the molecule is CCOc1ccc([C@H]2C(=C(O)c3ccc(OCc4cccc(C)c4)cc3)C(=O)C(=O)N2CCOC)cc1OC. The topological polar surface area (TPSA) is 94.5 Å². The molecule has 1 N–H and O–H groups in total. The number of methoxy groups -OCH3 is 2. The number of nitrogens with zero attached hydrogens (tertiary/aromatic N) is 1. The molecule has 0 aliphatic carbocycles. The molecule has 204 valence electrons. The molecule has 1 fully saturated rings. The van der Waals surface area contributed by atoms with E-state index >= 15 is 0 Å². The molecule has 3 aromatic rings. The van der Waals surface area contributed by atoms with Gasteiger partial charge in [0.1, 0.15) is 18.1 Å². The minimum Gasteiger partial charge on any atom is -0.507 e. The van der Waals surface area contributed by atoms with Crippen molar-refractivity contribution in [3.05, 3.63) is 94.6 Å². The Labute approximate surface area is 228 Å². The maximum absolute atomic E-state index is 13.2. The number of ether oxygens (including phenoxy) is 4. The van der Waals surface area contributed by atoms with Crippen LogP contribution in [-0.4, -0.2) is 55.7 Å². The van der Waals surface area contributed by atoms with Gasteiger partial charge < -0.3 is 29.0 Å². The van der Waals surface area contributed by atoms with Crippen LogP contribution in [0, 0.1) is 6.92 Å². The van der Waals surface area contributed by atoms with Crippen molar-refractivity contribution < 1.29 is 33.6 Å². The summed E-state index contributed by atoms with van der Waals surface area (Å²) >= 11 is 0. The lowest BCUT2D eigenvalue weighted by Gasteiger charge is -2.25. The summed E-state index contributed by atoms with van der Waals surface area (Å²) in [5.74, 6) is -0.121. The quantitative estimate of drug-likeness (QED) is 0.210. The Kier molecular flexibility index (Phi) is 8.88. The van der Waals surface area contributed by atoms with E-state index in [0.717, 1.165) is 11.1 Å². The van der Waals surface area contributed by atoms with E-state index in [0.29, 0.717) is 41.6 Å². The largest absolute Gasteiger partial charge is 0.507 e. The smallest absolute Gasteiger partial charge is 0.295 e. The number of Topliss-reactive ketones (excluding diaryl/α,β-unsaturated/α-hetero) is 1. The zero-order valence-corrected chi connectivity index (χ0v) is 22.6. The maximum atomic E-state index is 13.2. The predicted octanol–water partition coefficient (Wildman–Crippen LogP) is 5.05. The second-order valence-electron chi connectivity index (χ2n) is 9.13. The number of amides is 1. The Morgan fingerprint density at radius 3 is 2.38 bits per heavy atom. The molecule has 1 saturated heterocycles. The van der Waals surface area contributed by atoms with E-state index in [1.165, 1.54) is 19.1 Å². The number of aliphatic hydroxyl groups is 1. The van der Waals surface area contributed by atoms with Crippen LogP contribution < -0.4 is 14.2 Å². The van der Waals surface area contributed by atoms with Gasteiger partial charge in [-0.3, -0.25) is 9.59 Å². The predicted molar refractivity (Wildman–Crippen MR) is 147 cm³/mol. The molecule has 0 saturated carbocycles. The zero-order valence-electron chi connectivity index (χ0n) is 22.6. The first-order chi connectivity index (χ1) is 18.9. The average molecular weight is 532 g/mol. The number of hydrogen-bond acceptors (Lipinski definition) is 7. The van der Waals surface area contributed by atoms with Crippen molar-refractivity contribution >= 4 is 17.4 Å². The van der Waals surface area contributed by atoms with Gasteiger partial charge in [-0.15, -0.1) is 0 Å². The summed E-state index contributed by atoms with van der Waals surface area (Å²) in [6.07, 6.45) is 0. The van der Waals surface area contributed by atoms with Crippen LogP contribution in [-0.2, 0) is 20.9 Å². The van der Waals surface area contributed by atoms with E-state index < -0.39 is 17.7 Å². The van der Waals surface area contributed by atoms with Crippen molar-refractivity contribution in [3.8, 4) is 17.2 Å². The summed E-state index contributed by atoms with van der Waals surface area (Å²) in [4.78, 5) is 27.7. The second-order valence-corrected chi connectivity index (χ2v) is 9.13. The Morgan fingerprint density at radius 1 is 0.949 bits per heavy atom. The molecule has 8 nitrogen and oxygen atoms in total. The fourth-order valence-electron chi connectivity index (χ4n) is 4.61. The van der Waals surface area contributed by atoms with Crippen molar-refractivity contribution in [2.45, 2.75) is 26.5 Å². The van der Waals surface area contributed by atoms with Gasteiger partial charge in [-0.25, -0.2) is 0 Å². The standard InChI is InChI=1S/C31H33NO7/c1-5-38-25-14-11-23(18-26(25)37-4)28-27(30(34)31(35)32(28)15-16-36-3)29(33)22-9-12-24(13-10-22)39-19-21-8-6-7-20(2)17-21/h6-14,17-18,28,33H,5,15-16,19H2,1-4H3/t28-/m0/s1. The number of aliphatic hydroxyl groups excluding tert-OH is 1. The minimum absolute atomic E-state index is 0.00394. The first kappa shape index (κ1) is 27.7. The maximum Gasteiger partial charge on any atom is 0.295 e. The Bertz CT molecular complexity index is 1360.